The largest absolute Gasteiger partial charge is 0.478 e. The minimum Gasteiger partial charge on any atom is -0.478 e. The first-order valence-electron chi connectivity index (χ1n) is 7.73. The molecular weight excluding hydrogens is 284 g/mol. The average molecular weight is 300 g/mol. The quantitative estimate of drug-likeness (QED) is 0.603. The number of hydrogen-bond donors (Lipinski definition) is 1. The number of aromatic carboxylic acids is 1. The van der Waals surface area contributed by atoms with Crippen LogP contribution in [0.15, 0.2) is 66.7 Å². The van der Waals surface area contributed by atoms with Crippen molar-refractivity contribution in [1.29, 1.82) is 0 Å². The number of carboxylic acid groups (broad SMARTS) is 1. The summed E-state index contributed by atoms with van der Waals surface area (Å²) < 4.78 is 0. The van der Waals surface area contributed by atoms with Crippen molar-refractivity contribution in [2.75, 3.05) is 0 Å². The Bertz CT molecular complexity index is 892. The van der Waals surface area contributed by atoms with Crippen molar-refractivity contribution in [2.24, 2.45) is 0 Å². The van der Waals surface area contributed by atoms with E-state index in [2.05, 4.69) is 42.5 Å². The van der Waals surface area contributed by atoms with Gasteiger partial charge in [0.05, 0.1) is 5.56 Å². The fourth-order valence-electron chi connectivity index (χ4n) is 3.37. The van der Waals surface area contributed by atoms with Crippen LogP contribution in [0.25, 0.3) is 11.1 Å². The van der Waals surface area contributed by atoms with Gasteiger partial charge in [-0.25, -0.2) is 4.79 Å². The first-order chi connectivity index (χ1) is 11.2. The van der Waals surface area contributed by atoms with E-state index in [0.717, 1.165) is 18.4 Å². The van der Waals surface area contributed by atoms with Gasteiger partial charge in [0, 0.05) is 0 Å². The summed E-state index contributed by atoms with van der Waals surface area (Å²) in [6.07, 6.45) is 1.81. The topological polar surface area (TPSA) is 37.3 Å². The number of benzene rings is 3. The summed E-state index contributed by atoms with van der Waals surface area (Å²) in [5.41, 5.74) is 8.25. The zero-order chi connectivity index (χ0) is 15.8. The molecule has 0 atom stereocenters. The van der Waals surface area contributed by atoms with Gasteiger partial charge in [0.25, 0.3) is 0 Å². The van der Waals surface area contributed by atoms with Crippen molar-refractivity contribution in [3.05, 3.63) is 94.5 Å². The van der Waals surface area contributed by atoms with E-state index in [1.165, 1.54) is 27.8 Å². The van der Waals surface area contributed by atoms with E-state index in [4.69, 9.17) is 5.11 Å². The molecule has 0 heterocycles. The van der Waals surface area contributed by atoms with Crippen LogP contribution in [-0.4, -0.2) is 11.1 Å². The molecule has 0 spiro atoms. The van der Waals surface area contributed by atoms with Crippen LogP contribution in [0, 0.1) is 0 Å². The van der Waals surface area contributed by atoms with Crippen LogP contribution >= 0.6 is 0 Å². The smallest absolute Gasteiger partial charge is 0.335 e. The monoisotopic (exact) mass is 300 g/mol. The first kappa shape index (κ1) is 13.8. The van der Waals surface area contributed by atoms with Crippen molar-refractivity contribution < 1.29 is 9.90 Å². The van der Waals surface area contributed by atoms with E-state index in [9.17, 15) is 4.79 Å². The van der Waals surface area contributed by atoms with Crippen LogP contribution in [0.1, 0.15) is 32.6 Å². The van der Waals surface area contributed by atoms with Crippen LogP contribution in [0.3, 0.4) is 0 Å². The lowest BCUT2D eigenvalue weighted by Gasteiger charge is -2.09. The minimum absolute atomic E-state index is 0.333. The van der Waals surface area contributed by atoms with Crippen molar-refractivity contribution >= 4 is 5.97 Å². The van der Waals surface area contributed by atoms with Gasteiger partial charge in [-0.05, 0) is 58.4 Å². The van der Waals surface area contributed by atoms with Crippen molar-refractivity contribution in [3.8, 4) is 11.1 Å². The van der Waals surface area contributed by atoms with Crippen molar-refractivity contribution in [1.82, 2.24) is 0 Å². The molecule has 3 aromatic carbocycles. The third-order valence-electron chi connectivity index (χ3n) is 4.54. The molecule has 3 aromatic rings. The van der Waals surface area contributed by atoms with Gasteiger partial charge in [0.2, 0.25) is 0 Å². The van der Waals surface area contributed by atoms with E-state index < -0.39 is 5.97 Å². The summed E-state index contributed by atoms with van der Waals surface area (Å²) in [5.74, 6) is -0.882. The Hall–Kier alpha value is -2.87. The molecule has 0 fully saturated rings. The molecule has 0 radical (unpaired) electrons. The second-order valence-electron chi connectivity index (χ2n) is 5.96. The Labute approximate surface area is 135 Å². The molecule has 2 heteroatoms. The molecule has 112 valence electrons. The highest BCUT2D eigenvalue weighted by atomic mass is 16.4. The lowest BCUT2D eigenvalue weighted by atomic mass is 9.95. The van der Waals surface area contributed by atoms with Gasteiger partial charge in [-0.1, -0.05) is 54.6 Å². The number of carboxylic acids is 1. The van der Waals surface area contributed by atoms with Crippen LogP contribution in [0.5, 0.6) is 0 Å². The predicted molar refractivity (Wildman–Crippen MR) is 90.9 cm³/mol. The molecule has 0 saturated carbocycles. The average Bonchev–Trinajstić information content (AvgIpc) is 2.95. The summed E-state index contributed by atoms with van der Waals surface area (Å²) in [5, 5.41) is 8.99. The van der Waals surface area contributed by atoms with Gasteiger partial charge in [0.1, 0.15) is 0 Å². The molecule has 2 nitrogen and oxygen atoms in total. The van der Waals surface area contributed by atoms with Gasteiger partial charge < -0.3 is 5.11 Å². The molecule has 23 heavy (non-hydrogen) atoms. The standard InChI is InChI=1S/C21H16O2/c22-21(23)15-10-8-14(9-11-15)12-16-5-3-7-19-18-6-2-1-4-17(18)13-20(16)19/h1-11H,12-13H2,(H,22,23). The highest BCUT2D eigenvalue weighted by molar-refractivity contribution is 5.87. The maximum atomic E-state index is 10.9. The van der Waals surface area contributed by atoms with Crippen LogP contribution < -0.4 is 0 Å². The molecular formula is C21H16O2. The SMILES string of the molecule is O=C(O)c1ccc(Cc2cccc3c2Cc2ccccc2-3)cc1. The highest BCUT2D eigenvalue weighted by Crippen LogP contribution is 2.38. The van der Waals surface area contributed by atoms with E-state index in [-0.39, 0.29) is 0 Å². The van der Waals surface area contributed by atoms with Gasteiger partial charge in [-0.2, -0.15) is 0 Å². The summed E-state index contributed by atoms with van der Waals surface area (Å²) in [6.45, 7) is 0. The summed E-state index contributed by atoms with van der Waals surface area (Å²) in [4.78, 5) is 10.9. The summed E-state index contributed by atoms with van der Waals surface area (Å²) in [7, 11) is 0. The van der Waals surface area contributed by atoms with Gasteiger partial charge >= 0.3 is 5.97 Å². The normalized spacial score (nSPS) is 11.8. The van der Waals surface area contributed by atoms with E-state index >= 15 is 0 Å². The summed E-state index contributed by atoms with van der Waals surface area (Å²) in [6, 6.07) is 22.2. The fourth-order valence-corrected chi connectivity index (χ4v) is 3.37. The van der Waals surface area contributed by atoms with Crippen molar-refractivity contribution in [3.63, 3.8) is 0 Å². The second kappa shape index (κ2) is 5.40. The Balaban J connectivity index is 1.68. The van der Waals surface area contributed by atoms with Crippen LogP contribution in [0.2, 0.25) is 0 Å². The second-order valence-corrected chi connectivity index (χ2v) is 5.96. The maximum absolute atomic E-state index is 10.9. The molecule has 1 aliphatic carbocycles. The number of rotatable bonds is 3. The van der Waals surface area contributed by atoms with Crippen LogP contribution in [0.4, 0.5) is 0 Å². The minimum atomic E-state index is -0.882. The number of hydrogen-bond acceptors (Lipinski definition) is 1. The van der Waals surface area contributed by atoms with Gasteiger partial charge in [0.15, 0.2) is 0 Å². The third kappa shape index (κ3) is 2.42. The Morgan fingerprint density at radius 2 is 1.61 bits per heavy atom. The van der Waals surface area contributed by atoms with E-state index in [1.54, 1.807) is 12.1 Å². The molecule has 0 aromatic heterocycles. The number of carbonyl (C=O) groups is 1. The zero-order valence-corrected chi connectivity index (χ0v) is 12.6. The van der Waals surface area contributed by atoms with E-state index in [1.807, 2.05) is 12.1 Å². The molecule has 4 rings (SSSR count). The van der Waals surface area contributed by atoms with Gasteiger partial charge in [-0.15, -0.1) is 0 Å². The molecule has 0 bridgehead atoms. The zero-order valence-electron chi connectivity index (χ0n) is 12.6. The predicted octanol–water partition coefficient (Wildman–Crippen LogP) is 4.55. The maximum Gasteiger partial charge on any atom is 0.335 e. The Kier molecular flexibility index (Phi) is 3.23. The first-order valence-corrected chi connectivity index (χ1v) is 7.73. The highest BCUT2D eigenvalue weighted by Gasteiger charge is 2.20. The molecule has 0 saturated heterocycles. The lowest BCUT2D eigenvalue weighted by Crippen LogP contribution is -1.98. The van der Waals surface area contributed by atoms with E-state index in [0.29, 0.717) is 5.56 Å². The lowest BCUT2D eigenvalue weighted by molar-refractivity contribution is 0.0697. The Morgan fingerprint density at radius 3 is 2.39 bits per heavy atom. The summed E-state index contributed by atoms with van der Waals surface area (Å²) >= 11 is 0. The fraction of sp³-hybridized carbons (Fsp3) is 0.0952. The van der Waals surface area contributed by atoms with Crippen molar-refractivity contribution in [2.45, 2.75) is 12.8 Å². The molecule has 0 unspecified atom stereocenters. The van der Waals surface area contributed by atoms with Gasteiger partial charge in [-0.3, -0.25) is 0 Å². The molecule has 1 aliphatic rings. The molecule has 0 aliphatic heterocycles. The Morgan fingerprint density at radius 1 is 0.870 bits per heavy atom. The molecule has 1 N–H and O–H groups in total. The molecule has 0 amide bonds. The number of fused-ring (bicyclic) bond motifs is 3. The third-order valence-corrected chi connectivity index (χ3v) is 4.54. The van der Waals surface area contributed by atoms with Crippen LogP contribution in [-0.2, 0) is 12.8 Å².